The number of benzene rings is 1. The molecule has 0 aliphatic heterocycles. The van der Waals surface area contributed by atoms with Gasteiger partial charge in [-0.25, -0.2) is 9.98 Å². The Labute approximate surface area is 123 Å². The molecule has 106 valence electrons. The number of nitrogens with zero attached hydrogens (tertiary/aromatic N) is 2. The van der Waals surface area contributed by atoms with Crippen LogP contribution in [0.25, 0.3) is 0 Å². The molecule has 0 radical (unpaired) electrons. The summed E-state index contributed by atoms with van der Waals surface area (Å²) in [5.74, 6) is 0.416. The van der Waals surface area contributed by atoms with Crippen molar-refractivity contribution < 1.29 is 0 Å². The van der Waals surface area contributed by atoms with E-state index in [1.165, 1.54) is 11.1 Å². The third-order valence-corrected chi connectivity index (χ3v) is 4.13. The normalized spacial score (nSPS) is 11.7. The lowest BCUT2D eigenvalue weighted by Crippen LogP contribution is -2.22. The van der Waals surface area contributed by atoms with Crippen molar-refractivity contribution in [1.29, 1.82) is 0 Å². The van der Waals surface area contributed by atoms with E-state index < -0.39 is 0 Å². The Hall–Kier alpha value is -1.88. The maximum absolute atomic E-state index is 5.90. The van der Waals surface area contributed by atoms with Gasteiger partial charge in [0.1, 0.15) is 0 Å². The summed E-state index contributed by atoms with van der Waals surface area (Å²) in [6.07, 6.45) is 0.963. The van der Waals surface area contributed by atoms with Crippen molar-refractivity contribution in [2.75, 3.05) is 5.32 Å². The molecule has 1 aromatic heterocycles. The Morgan fingerprint density at radius 2 is 2.15 bits per heavy atom. The molecular formula is C15H20N4S. The highest BCUT2D eigenvalue weighted by Crippen LogP contribution is 2.14. The average Bonchev–Trinajstić information content (AvgIpc) is 2.89. The smallest absolute Gasteiger partial charge is 0.193 e. The molecule has 1 heterocycles. The van der Waals surface area contributed by atoms with Gasteiger partial charge in [0.25, 0.3) is 0 Å². The minimum Gasteiger partial charge on any atom is -0.370 e. The highest BCUT2D eigenvalue weighted by Gasteiger charge is 2.01. The van der Waals surface area contributed by atoms with Crippen LogP contribution >= 0.6 is 11.3 Å². The predicted molar refractivity (Wildman–Crippen MR) is 86.4 cm³/mol. The summed E-state index contributed by atoms with van der Waals surface area (Å²) >= 11 is 1.67. The Bertz CT molecular complexity index is 616. The molecule has 0 saturated carbocycles. The first-order chi connectivity index (χ1) is 9.58. The number of rotatable bonds is 4. The maximum atomic E-state index is 5.90. The highest BCUT2D eigenvalue weighted by atomic mass is 32.1. The number of hydrogen-bond donors (Lipinski definition) is 2. The first-order valence-electron chi connectivity index (χ1n) is 6.66. The van der Waals surface area contributed by atoms with Crippen LogP contribution in [0.3, 0.4) is 0 Å². The second kappa shape index (κ2) is 6.52. The molecule has 0 spiro atoms. The quantitative estimate of drug-likeness (QED) is 0.670. The second-order valence-electron chi connectivity index (χ2n) is 4.71. The topological polar surface area (TPSA) is 63.3 Å². The first-order valence-corrected chi connectivity index (χ1v) is 7.54. The second-order valence-corrected chi connectivity index (χ2v) is 5.65. The number of aromatic nitrogens is 1. The van der Waals surface area contributed by atoms with E-state index in [-0.39, 0.29) is 0 Å². The molecule has 20 heavy (non-hydrogen) atoms. The van der Waals surface area contributed by atoms with E-state index in [0.29, 0.717) is 12.5 Å². The van der Waals surface area contributed by atoms with Gasteiger partial charge in [0, 0.05) is 11.1 Å². The van der Waals surface area contributed by atoms with Crippen molar-refractivity contribution in [3.05, 3.63) is 45.4 Å². The van der Waals surface area contributed by atoms with Gasteiger partial charge in [-0.05, 0) is 43.5 Å². The minimum atomic E-state index is 0.416. The Kier molecular flexibility index (Phi) is 4.74. The standard InChI is InChI=1S/C15H20N4S/c1-4-14-18-13(9-20-14)8-17-15(16)19-12-6-5-10(2)11(3)7-12/h5-7,9H,4,8H2,1-3H3,(H3,16,17,19). The molecule has 0 amide bonds. The number of anilines is 1. The van der Waals surface area contributed by atoms with Gasteiger partial charge in [-0.1, -0.05) is 13.0 Å². The number of aryl methyl sites for hydroxylation is 3. The van der Waals surface area contributed by atoms with Gasteiger partial charge in [0.15, 0.2) is 5.96 Å². The van der Waals surface area contributed by atoms with Crippen molar-refractivity contribution in [2.24, 2.45) is 10.7 Å². The molecule has 5 heteroatoms. The van der Waals surface area contributed by atoms with Gasteiger partial charge in [-0.3, -0.25) is 0 Å². The first kappa shape index (κ1) is 14.5. The lowest BCUT2D eigenvalue weighted by atomic mass is 10.1. The SMILES string of the molecule is CCc1nc(CN=C(N)Nc2ccc(C)c(C)c2)cs1. The maximum Gasteiger partial charge on any atom is 0.193 e. The monoisotopic (exact) mass is 288 g/mol. The number of guanidine groups is 1. The number of nitrogens with two attached hydrogens (primary N) is 1. The molecule has 2 rings (SSSR count). The van der Waals surface area contributed by atoms with E-state index >= 15 is 0 Å². The third kappa shape index (κ3) is 3.81. The molecule has 0 saturated heterocycles. The zero-order valence-electron chi connectivity index (χ0n) is 12.1. The summed E-state index contributed by atoms with van der Waals surface area (Å²) in [5.41, 5.74) is 10.3. The van der Waals surface area contributed by atoms with Crippen LogP contribution in [0.4, 0.5) is 5.69 Å². The van der Waals surface area contributed by atoms with Crippen molar-refractivity contribution in [2.45, 2.75) is 33.7 Å². The number of hydrogen-bond acceptors (Lipinski definition) is 3. The van der Waals surface area contributed by atoms with Gasteiger partial charge in [0.2, 0.25) is 0 Å². The molecule has 0 aliphatic carbocycles. The summed E-state index contributed by atoms with van der Waals surface area (Å²) in [5, 5.41) is 6.27. The van der Waals surface area contributed by atoms with E-state index in [2.05, 4.69) is 48.2 Å². The molecular weight excluding hydrogens is 268 g/mol. The van der Waals surface area contributed by atoms with Crippen LogP contribution in [-0.2, 0) is 13.0 Å². The van der Waals surface area contributed by atoms with Crippen molar-refractivity contribution >= 4 is 23.0 Å². The molecule has 0 fully saturated rings. The summed E-state index contributed by atoms with van der Waals surface area (Å²) in [6.45, 7) is 6.78. The van der Waals surface area contributed by atoms with Crippen molar-refractivity contribution in [3.63, 3.8) is 0 Å². The van der Waals surface area contributed by atoms with Crippen LogP contribution in [-0.4, -0.2) is 10.9 Å². The third-order valence-electron chi connectivity index (χ3n) is 3.09. The van der Waals surface area contributed by atoms with Crippen molar-refractivity contribution in [3.8, 4) is 0 Å². The summed E-state index contributed by atoms with van der Waals surface area (Å²) in [6, 6.07) is 6.14. The largest absolute Gasteiger partial charge is 0.370 e. The van der Waals surface area contributed by atoms with E-state index in [1.807, 2.05) is 11.4 Å². The van der Waals surface area contributed by atoms with Crippen LogP contribution in [0.2, 0.25) is 0 Å². The lowest BCUT2D eigenvalue weighted by molar-refractivity contribution is 0.969. The molecule has 1 aromatic carbocycles. The summed E-state index contributed by atoms with van der Waals surface area (Å²) < 4.78 is 0. The predicted octanol–water partition coefficient (Wildman–Crippen LogP) is 3.25. The van der Waals surface area contributed by atoms with E-state index in [1.54, 1.807) is 11.3 Å². The molecule has 0 atom stereocenters. The summed E-state index contributed by atoms with van der Waals surface area (Å²) in [4.78, 5) is 8.78. The molecule has 3 N–H and O–H groups in total. The lowest BCUT2D eigenvalue weighted by Gasteiger charge is -2.07. The van der Waals surface area contributed by atoms with Gasteiger partial charge in [0.05, 0.1) is 17.2 Å². The number of aliphatic imine (C=N–C) groups is 1. The zero-order chi connectivity index (χ0) is 14.5. The van der Waals surface area contributed by atoms with E-state index in [0.717, 1.165) is 22.8 Å². The minimum absolute atomic E-state index is 0.416. The van der Waals surface area contributed by atoms with Gasteiger partial charge >= 0.3 is 0 Å². The van der Waals surface area contributed by atoms with Crippen LogP contribution in [0, 0.1) is 13.8 Å². The van der Waals surface area contributed by atoms with Gasteiger partial charge in [-0.2, -0.15) is 0 Å². The fourth-order valence-electron chi connectivity index (χ4n) is 1.76. The van der Waals surface area contributed by atoms with Crippen LogP contribution in [0.1, 0.15) is 28.8 Å². The van der Waals surface area contributed by atoms with Crippen LogP contribution in [0.5, 0.6) is 0 Å². The van der Waals surface area contributed by atoms with Crippen LogP contribution < -0.4 is 11.1 Å². The molecule has 2 aromatic rings. The molecule has 0 bridgehead atoms. The van der Waals surface area contributed by atoms with E-state index in [4.69, 9.17) is 5.73 Å². The number of nitrogens with one attached hydrogen (secondary N) is 1. The van der Waals surface area contributed by atoms with E-state index in [9.17, 15) is 0 Å². The number of thiazole rings is 1. The molecule has 4 nitrogen and oxygen atoms in total. The van der Waals surface area contributed by atoms with Gasteiger partial charge < -0.3 is 11.1 Å². The fraction of sp³-hybridized carbons (Fsp3) is 0.333. The van der Waals surface area contributed by atoms with Crippen molar-refractivity contribution in [1.82, 2.24) is 4.98 Å². The molecule has 0 aliphatic rings. The molecule has 0 unspecified atom stereocenters. The summed E-state index contributed by atoms with van der Waals surface area (Å²) in [7, 11) is 0. The Balaban J connectivity index is 1.98. The Morgan fingerprint density at radius 3 is 2.80 bits per heavy atom. The zero-order valence-corrected chi connectivity index (χ0v) is 12.9. The van der Waals surface area contributed by atoms with Gasteiger partial charge in [-0.15, -0.1) is 11.3 Å². The highest BCUT2D eigenvalue weighted by molar-refractivity contribution is 7.09. The fourth-order valence-corrected chi connectivity index (χ4v) is 2.49. The average molecular weight is 288 g/mol. The Morgan fingerprint density at radius 1 is 1.35 bits per heavy atom. The van der Waals surface area contributed by atoms with Crippen LogP contribution in [0.15, 0.2) is 28.6 Å².